The Balaban J connectivity index is 1.71. The van der Waals surface area contributed by atoms with E-state index in [9.17, 15) is 18.0 Å². The van der Waals surface area contributed by atoms with Crippen LogP contribution in [0.1, 0.15) is 18.1 Å². The summed E-state index contributed by atoms with van der Waals surface area (Å²) in [7, 11) is -3.85. The minimum atomic E-state index is -3.85. The zero-order valence-corrected chi connectivity index (χ0v) is 20.0. The monoisotopic (exact) mass is 473 g/mol. The Labute approximate surface area is 195 Å². The molecule has 0 spiro atoms. The maximum Gasteiger partial charge on any atom is 0.409 e. The number of sulfonamides is 1. The van der Waals surface area contributed by atoms with Crippen LogP contribution in [0.4, 0.5) is 4.79 Å². The zero-order chi connectivity index (χ0) is 23.8. The Hall–Kier alpha value is -2.91. The van der Waals surface area contributed by atoms with Crippen LogP contribution in [0.3, 0.4) is 0 Å². The van der Waals surface area contributed by atoms with Crippen LogP contribution in [-0.2, 0) is 26.0 Å². The molecule has 1 heterocycles. The molecule has 0 radical (unpaired) electrons. The smallest absolute Gasteiger partial charge is 0.409 e. The van der Waals surface area contributed by atoms with Gasteiger partial charge in [0.2, 0.25) is 15.9 Å². The van der Waals surface area contributed by atoms with Gasteiger partial charge >= 0.3 is 6.09 Å². The molecule has 1 saturated heterocycles. The standard InChI is InChI=1S/C24H31N3O5S/c1-3-32-24(29)26-17-15-25(16-18-26)23(28)19-27(14-13-21-7-5-4-6-8-21)33(30,31)22-11-9-20(2)10-12-22/h4-12H,3,13-19H2,1-2H3. The highest BCUT2D eigenvalue weighted by Gasteiger charge is 2.30. The first-order valence-electron chi connectivity index (χ1n) is 11.1. The molecule has 2 aromatic carbocycles. The highest BCUT2D eigenvalue weighted by atomic mass is 32.2. The third kappa shape index (κ3) is 6.55. The third-order valence-electron chi connectivity index (χ3n) is 5.62. The van der Waals surface area contributed by atoms with E-state index in [1.165, 1.54) is 4.31 Å². The molecule has 2 aromatic rings. The number of hydrogen-bond acceptors (Lipinski definition) is 5. The summed E-state index contributed by atoms with van der Waals surface area (Å²) in [6, 6.07) is 16.2. The average Bonchev–Trinajstić information content (AvgIpc) is 2.82. The van der Waals surface area contributed by atoms with Crippen molar-refractivity contribution in [2.75, 3.05) is 45.9 Å². The van der Waals surface area contributed by atoms with E-state index in [0.29, 0.717) is 39.2 Å². The van der Waals surface area contributed by atoms with E-state index >= 15 is 0 Å². The molecule has 33 heavy (non-hydrogen) atoms. The molecule has 1 aliphatic heterocycles. The van der Waals surface area contributed by atoms with Crippen LogP contribution >= 0.6 is 0 Å². The van der Waals surface area contributed by atoms with Crippen LogP contribution in [-0.4, -0.2) is 80.4 Å². The fourth-order valence-corrected chi connectivity index (χ4v) is 5.04. The molecule has 3 rings (SSSR count). The molecule has 0 aliphatic carbocycles. The molecule has 9 heteroatoms. The van der Waals surface area contributed by atoms with E-state index in [0.717, 1.165) is 11.1 Å². The molecular weight excluding hydrogens is 442 g/mol. The first kappa shape index (κ1) is 24.7. The lowest BCUT2D eigenvalue weighted by Crippen LogP contribution is -2.53. The normalized spacial score (nSPS) is 14.4. The summed E-state index contributed by atoms with van der Waals surface area (Å²) in [6.45, 7) is 5.28. The maximum absolute atomic E-state index is 13.4. The highest BCUT2D eigenvalue weighted by molar-refractivity contribution is 7.89. The molecule has 178 valence electrons. The van der Waals surface area contributed by atoms with Crippen LogP contribution in [0.15, 0.2) is 59.5 Å². The van der Waals surface area contributed by atoms with Crippen molar-refractivity contribution in [2.24, 2.45) is 0 Å². The highest BCUT2D eigenvalue weighted by Crippen LogP contribution is 2.18. The molecule has 8 nitrogen and oxygen atoms in total. The second kappa shape index (κ2) is 11.3. The summed E-state index contributed by atoms with van der Waals surface area (Å²) >= 11 is 0. The Kier molecular flexibility index (Phi) is 8.46. The lowest BCUT2D eigenvalue weighted by Gasteiger charge is -2.35. The SMILES string of the molecule is CCOC(=O)N1CCN(C(=O)CN(CCc2ccccc2)S(=O)(=O)c2ccc(C)cc2)CC1. The van der Waals surface area contributed by atoms with Gasteiger partial charge in [0.05, 0.1) is 18.0 Å². The lowest BCUT2D eigenvalue weighted by atomic mass is 10.1. The van der Waals surface area contributed by atoms with E-state index in [1.54, 1.807) is 41.0 Å². The number of nitrogens with zero attached hydrogens (tertiary/aromatic N) is 3. The summed E-state index contributed by atoms with van der Waals surface area (Å²) in [5, 5.41) is 0. The topological polar surface area (TPSA) is 87.2 Å². The number of piperazine rings is 1. The van der Waals surface area contributed by atoms with Gasteiger partial charge in [-0.3, -0.25) is 4.79 Å². The average molecular weight is 474 g/mol. The van der Waals surface area contributed by atoms with Crippen molar-refractivity contribution in [3.8, 4) is 0 Å². The first-order chi connectivity index (χ1) is 15.8. The molecule has 0 atom stereocenters. The van der Waals surface area contributed by atoms with Crippen LogP contribution in [0.2, 0.25) is 0 Å². The maximum atomic E-state index is 13.4. The Morgan fingerprint density at radius 1 is 0.939 bits per heavy atom. The van der Waals surface area contributed by atoms with Gasteiger partial charge in [-0.1, -0.05) is 48.0 Å². The lowest BCUT2D eigenvalue weighted by molar-refractivity contribution is -0.133. The fraction of sp³-hybridized carbons (Fsp3) is 0.417. The number of ether oxygens (including phenoxy) is 1. The first-order valence-corrected chi connectivity index (χ1v) is 12.6. The number of aryl methyl sites for hydroxylation is 1. The fourth-order valence-electron chi connectivity index (χ4n) is 3.65. The predicted octanol–water partition coefficient (Wildman–Crippen LogP) is 2.53. The van der Waals surface area contributed by atoms with E-state index in [2.05, 4.69) is 0 Å². The minimum Gasteiger partial charge on any atom is -0.450 e. The van der Waals surface area contributed by atoms with Gasteiger partial charge in [-0.2, -0.15) is 4.31 Å². The van der Waals surface area contributed by atoms with Gasteiger partial charge in [-0.05, 0) is 38.0 Å². The zero-order valence-electron chi connectivity index (χ0n) is 19.1. The van der Waals surface area contributed by atoms with Crippen LogP contribution in [0.5, 0.6) is 0 Å². The molecule has 1 aliphatic rings. The van der Waals surface area contributed by atoms with Gasteiger partial charge in [0, 0.05) is 32.7 Å². The molecule has 2 amide bonds. The van der Waals surface area contributed by atoms with E-state index in [4.69, 9.17) is 4.74 Å². The Bertz CT molecular complexity index is 1030. The summed E-state index contributed by atoms with van der Waals surface area (Å²) < 4.78 is 33.0. The predicted molar refractivity (Wildman–Crippen MR) is 125 cm³/mol. The molecular formula is C24H31N3O5S. The third-order valence-corrected chi connectivity index (χ3v) is 7.48. The summed E-state index contributed by atoms with van der Waals surface area (Å²) in [5.41, 5.74) is 1.96. The van der Waals surface area contributed by atoms with Crippen LogP contribution in [0.25, 0.3) is 0 Å². The van der Waals surface area contributed by atoms with Crippen molar-refractivity contribution in [3.63, 3.8) is 0 Å². The molecule has 0 saturated carbocycles. The van der Waals surface area contributed by atoms with E-state index in [-0.39, 0.29) is 23.9 Å². The summed E-state index contributed by atoms with van der Waals surface area (Å²) in [6.07, 6.45) is 0.103. The summed E-state index contributed by atoms with van der Waals surface area (Å²) in [5.74, 6) is -0.276. The van der Waals surface area contributed by atoms with E-state index < -0.39 is 16.1 Å². The van der Waals surface area contributed by atoms with Crippen molar-refractivity contribution in [3.05, 3.63) is 65.7 Å². The van der Waals surface area contributed by atoms with E-state index in [1.807, 2.05) is 37.3 Å². The van der Waals surface area contributed by atoms with Crippen molar-refractivity contribution in [2.45, 2.75) is 25.2 Å². The Morgan fingerprint density at radius 3 is 2.15 bits per heavy atom. The van der Waals surface area contributed by atoms with Crippen LogP contribution in [0, 0.1) is 6.92 Å². The number of hydrogen-bond donors (Lipinski definition) is 0. The van der Waals surface area contributed by atoms with Gasteiger partial charge in [-0.25, -0.2) is 13.2 Å². The van der Waals surface area contributed by atoms with Crippen molar-refractivity contribution >= 4 is 22.0 Å². The van der Waals surface area contributed by atoms with Crippen LogP contribution < -0.4 is 0 Å². The largest absolute Gasteiger partial charge is 0.450 e. The summed E-state index contributed by atoms with van der Waals surface area (Å²) in [4.78, 5) is 28.3. The molecule has 1 fully saturated rings. The second-order valence-corrected chi connectivity index (χ2v) is 9.89. The van der Waals surface area contributed by atoms with Crippen molar-refractivity contribution in [1.82, 2.24) is 14.1 Å². The van der Waals surface area contributed by atoms with Gasteiger partial charge in [-0.15, -0.1) is 0 Å². The van der Waals surface area contributed by atoms with Gasteiger partial charge < -0.3 is 14.5 Å². The molecule has 0 bridgehead atoms. The number of rotatable bonds is 8. The number of benzene rings is 2. The number of carbonyl (C=O) groups is 2. The number of carbonyl (C=O) groups excluding carboxylic acids is 2. The minimum absolute atomic E-state index is 0.168. The molecule has 0 aromatic heterocycles. The van der Waals surface area contributed by atoms with Gasteiger partial charge in [0.25, 0.3) is 0 Å². The second-order valence-electron chi connectivity index (χ2n) is 7.95. The quantitative estimate of drug-likeness (QED) is 0.588. The number of amides is 2. The van der Waals surface area contributed by atoms with Crippen molar-refractivity contribution in [1.29, 1.82) is 0 Å². The molecule has 0 unspecified atom stereocenters. The Morgan fingerprint density at radius 2 is 1.55 bits per heavy atom. The molecule has 0 N–H and O–H groups in total. The van der Waals surface area contributed by atoms with Crippen molar-refractivity contribution < 1.29 is 22.7 Å². The van der Waals surface area contributed by atoms with Gasteiger partial charge in [0.15, 0.2) is 0 Å². The van der Waals surface area contributed by atoms with Gasteiger partial charge in [0.1, 0.15) is 0 Å².